The third-order valence-electron chi connectivity index (χ3n) is 3.92. The Morgan fingerprint density at radius 2 is 2.08 bits per heavy atom. The van der Waals surface area contributed by atoms with Gasteiger partial charge in [0, 0.05) is 12.3 Å². The standard InChI is InChI=1S/C20H20ClN3O2/c1-5-15(11-13(2)26-16-8-9-18(25-4)22-12-16)19-14(3)23-20-17(21)7-6-10-24(19)20/h5-12H,1-4H3/b13-11+,15-5+. The van der Waals surface area contributed by atoms with Gasteiger partial charge in [0.15, 0.2) is 5.65 Å². The number of hydrogen-bond acceptors (Lipinski definition) is 4. The molecular weight excluding hydrogens is 350 g/mol. The van der Waals surface area contributed by atoms with Crippen LogP contribution in [0.1, 0.15) is 25.2 Å². The summed E-state index contributed by atoms with van der Waals surface area (Å²) in [4.78, 5) is 8.73. The molecule has 0 radical (unpaired) electrons. The highest BCUT2D eigenvalue weighted by molar-refractivity contribution is 6.33. The molecule has 3 aromatic rings. The van der Waals surface area contributed by atoms with Gasteiger partial charge in [0.25, 0.3) is 0 Å². The SMILES string of the molecule is C/C=C(\C=C(/C)Oc1ccc(OC)nc1)c1c(C)nc2c(Cl)cccn12. The molecule has 3 aromatic heterocycles. The third kappa shape index (κ3) is 3.58. The van der Waals surface area contributed by atoms with Crippen molar-refractivity contribution in [2.45, 2.75) is 20.8 Å². The summed E-state index contributed by atoms with van der Waals surface area (Å²) in [6.45, 7) is 5.86. The Kier molecular flexibility index (Phi) is 5.28. The van der Waals surface area contributed by atoms with Crippen molar-refractivity contribution in [2.24, 2.45) is 0 Å². The van der Waals surface area contributed by atoms with Gasteiger partial charge >= 0.3 is 0 Å². The fraction of sp³-hybridized carbons (Fsp3) is 0.200. The number of pyridine rings is 2. The molecule has 3 rings (SSSR count). The summed E-state index contributed by atoms with van der Waals surface area (Å²) in [6, 6.07) is 7.32. The number of nitrogens with zero attached hydrogens (tertiary/aromatic N) is 3. The van der Waals surface area contributed by atoms with E-state index in [1.165, 1.54) is 0 Å². The van der Waals surface area contributed by atoms with Crippen LogP contribution in [0.25, 0.3) is 11.2 Å². The van der Waals surface area contributed by atoms with Crippen molar-refractivity contribution >= 4 is 22.8 Å². The number of aryl methyl sites for hydroxylation is 1. The van der Waals surface area contributed by atoms with Crippen molar-refractivity contribution in [2.75, 3.05) is 7.11 Å². The van der Waals surface area contributed by atoms with Crippen LogP contribution in [0.3, 0.4) is 0 Å². The second kappa shape index (κ2) is 7.62. The molecule has 0 saturated heterocycles. The molecule has 5 nitrogen and oxygen atoms in total. The Labute approximate surface area is 157 Å². The molecule has 0 N–H and O–H groups in total. The highest BCUT2D eigenvalue weighted by Crippen LogP contribution is 2.27. The molecule has 26 heavy (non-hydrogen) atoms. The van der Waals surface area contributed by atoms with Crippen LogP contribution < -0.4 is 9.47 Å². The van der Waals surface area contributed by atoms with E-state index in [-0.39, 0.29) is 0 Å². The minimum absolute atomic E-state index is 0.548. The van der Waals surface area contributed by atoms with E-state index in [9.17, 15) is 0 Å². The molecule has 0 atom stereocenters. The van der Waals surface area contributed by atoms with Gasteiger partial charge in [-0.15, -0.1) is 0 Å². The molecule has 134 valence electrons. The quantitative estimate of drug-likeness (QED) is 0.464. The van der Waals surface area contributed by atoms with E-state index in [4.69, 9.17) is 21.1 Å². The minimum atomic E-state index is 0.548. The van der Waals surface area contributed by atoms with Crippen molar-refractivity contribution in [3.05, 3.63) is 71.0 Å². The second-order valence-electron chi connectivity index (χ2n) is 5.73. The van der Waals surface area contributed by atoms with Crippen LogP contribution in [0.2, 0.25) is 5.02 Å². The van der Waals surface area contributed by atoms with Gasteiger partial charge in [-0.25, -0.2) is 9.97 Å². The summed E-state index contributed by atoms with van der Waals surface area (Å²) in [6.07, 6.45) is 7.58. The Bertz CT molecular complexity index is 988. The van der Waals surface area contributed by atoms with E-state index >= 15 is 0 Å². The maximum Gasteiger partial charge on any atom is 0.213 e. The van der Waals surface area contributed by atoms with Crippen molar-refractivity contribution in [3.8, 4) is 11.6 Å². The zero-order valence-corrected chi connectivity index (χ0v) is 15.9. The van der Waals surface area contributed by atoms with E-state index in [0.717, 1.165) is 28.4 Å². The molecule has 0 aliphatic rings. The highest BCUT2D eigenvalue weighted by atomic mass is 35.5. The first-order chi connectivity index (χ1) is 12.5. The van der Waals surface area contributed by atoms with E-state index in [1.807, 2.05) is 61.7 Å². The Morgan fingerprint density at radius 3 is 2.73 bits per heavy atom. The summed E-state index contributed by atoms with van der Waals surface area (Å²) < 4.78 is 12.9. The van der Waals surface area contributed by atoms with Crippen LogP contribution in [-0.4, -0.2) is 21.5 Å². The van der Waals surface area contributed by atoms with E-state index in [2.05, 4.69) is 9.97 Å². The zero-order valence-electron chi connectivity index (χ0n) is 15.2. The molecule has 3 heterocycles. The average molecular weight is 370 g/mol. The van der Waals surface area contributed by atoms with Crippen LogP contribution in [0, 0.1) is 6.92 Å². The summed E-state index contributed by atoms with van der Waals surface area (Å²) >= 11 is 6.27. The Balaban J connectivity index is 1.93. The van der Waals surface area contributed by atoms with Gasteiger partial charge in [-0.2, -0.15) is 0 Å². The maximum absolute atomic E-state index is 6.27. The molecule has 0 saturated carbocycles. The molecule has 0 spiro atoms. The lowest BCUT2D eigenvalue weighted by Gasteiger charge is -2.09. The monoisotopic (exact) mass is 369 g/mol. The summed E-state index contributed by atoms with van der Waals surface area (Å²) in [5.41, 5.74) is 3.63. The van der Waals surface area contributed by atoms with E-state index in [1.54, 1.807) is 19.4 Å². The highest BCUT2D eigenvalue weighted by Gasteiger charge is 2.13. The number of hydrogen-bond donors (Lipinski definition) is 0. The number of imidazole rings is 1. The third-order valence-corrected chi connectivity index (χ3v) is 4.21. The molecule has 0 bridgehead atoms. The lowest BCUT2D eigenvalue weighted by atomic mass is 10.1. The Hall–Kier alpha value is -2.79. The van der Waals surface area contributed by atoms with Gasteiger partial charge in [-0.3, -0.25) is 4.40 Å². The topological polar surface area (TPSA) is 48.7 Å². The van der Waals surface area contributed by atoms with Crippen LogP contribution in [-0.2, 0) is 0 Å². The molecule has 0 fully saturated rings. The first-order valence-electron chi connectivity index (χ1n) is 8.19. The molecule has 0 aliphatic carbocycles. The molecule has 0 aromatic carbocycles. The van der Waals surface area contributed by atoms with Gasteiger partial charge in [0.05, 0.1) is 29.7 Å². The summed E-state index contributed by atoms with van der Waals surface area (Å²) in [5, 5.41) is 0.624. The van der Waals surface area contributed by atoms with Crippen molar-refractivity contribution in [3.63, 3.8) is 0 Å². The van der Waals surface area contributed by atoms with Crippen LogP contribution in [0.15, 0.2) is 54.6 Å². The predicted molar refractivity (Wildman–Crippen MR) is 104 cm³/mol. The first-order valence-corrected chi connectivity index (χ1v) is 8.57. The Morgan fingerprint density at radius 1 is 1.27 bits per heavy atom. The molecule has 0 unspecified atom stereocenters. The van der Waals surface area contributed by atoms with Crippen molar-refractivity contribution in [1.82, 2.24) is 14.4 Å². The first kappa shape index (κ1) is 18.0. The summed E-state index contributed by atoms with van der Waals surface area (Å²) in [7, 11) is 1.58. The molecule has 0 amide bonds. The number of ether oxygens (including phenoxy) is 2. The van der Waals surface area contributed by atoms with Gasteiger partial charge < -0.3 is 9.47 Å². The number of halogens is 1. The van der Waals surface area contributed by atoms with Gasteiger partial charge in [-0.05, 0) is 50.6 Å². The zero-order chi connectivity index (χ0) is 18.7. The summed E-state index contributed by atoms with van der Waals surface area (Å²) in [5.74, 6) is 1.93. The molecule has 0 aliphatic heterocycles. The normalized spacial score (nSPS) is 12.5. The molecule has 6 heteroatoms. The number of allylic oxidation sites excluding steroid dienone is 4. The number of methoxy groups -OCH3 is 1. The van der Waals surface area contributed by atoms with Crippen LogP contribution in [0.5, 0.6) is 11.6 Å². The van der Waals surface area contributed by atoms with Gasteiger partial charge in [0.1, 0.15) is 11.5 Å². The predicted octanol–water partition coefficient (Wildman–Crippen LogP) is 5.09. The van der Waals surface area contributed by atoms with Gasteiger partial charge in [-0.1, -0.05) is 17.7 Å². The van der Waals surface area contributed by atoms with Crippen molar-refractivity contribution in [1.29, 1.82) is 0 Å². The average Bonchev–Trinajstić information content (AvgIpc) is 2.98. The molecular formula is C20H20ClN3O2. The lowest BCUT2D eigenvalue weighted by molar-refractivity contribution is 0.390. The number of aromatic nitrogens is 3. The fourth-order valence-corrected chi connectivity index (χ4v) is 2.97. The van der Waals surface area contributed by atoms with E-state index < -0.39 is 0 Å². The largest absolute Gasteiger partial charge is 0.481 e. The minimum Gasteiger partial charge on any atom is -0.481 e. The van der Waals surface area contributed by atoms with E-state index in [0.29, 0.717) is 16.7 Å². The van der Waals surface area contributed by atoms with Crippen LogP contribution >= 0.6 is 11.6 Å². The number of rotatable bonds is 5. The fourth-order valence-electron chi connectivity index (χ4n) is 2.77. The second-order valence-corrected chi connectivity index (χ2v) is 6.14. The lowest BCUT2D eigenvalue weighted by Crippen LogP contribution is -1.96. The smallest absolute Gasteiger partial charge is 0.213 e. The maximum atomic E-state index is 6.27. The number of fused-ring (bicyclic) bond motifs is 1. The van der Waals surface area contributed by atoms with Crippen LogP contribution in [0.4, 0.5) is 0 Å². The van der Waals surface area contributed by atoms with Crippen molar-refractivity contribution < 1.29 is 9.47 Å². The van der Waals surface area contributed by atoms with Gasteiger partial charge in [0.2, 0.25) is 5.88 Å².